The first-order valence-electron chi connectivity index (χ1n) is 6.10. The van der Waals surface area contributed by atoms with Crippen molar-refractivity contribution in [2.24, 2.45) is 23.2 Å². The molecule has 0 aromatic heterocycles. The van der Waals surface area contributed by atoms with Crippen LogP contribution >= 0.6 is 0 Å². The molecule has 1 saturated heterocycles. The molecule has 1 heterocycles. The first-order valence-corrected chi connectivity index (χ1v) is 6.10. The number of allylic oxidation sites excluding steroid dienone is 1. The Kier molecular flexibility index (Phi) is 2.97. The zero-order valence-electron chi connectivity index (χ0n) is 10.4. The Morgan fingerprint density at radius 1 is 1.62 bits per heavy atom. The molecule has 0 radical (unpaired) electrons. The van der Waals surface area contributed by atoms with Crippen LogP contribution in [0.15, 0.2) is 24.3 Å². The molecule has 0 amide bonds. The monoisotopic (exact) mass is 222 g/mol. The molecule has 2 heteroatoms. The summed E-state index contributed by atoms with van der Waals surface area (Å²) in [6.45, 7) is 11.3. The quantitative estimate of drug-likeness (QED) is 0.727. The molecule has 2 bridgehead atoms. The second-order valence-electron chi connectivity index (χ2n) is 5.42. The normalized spacial score (nSPS) is 47.4. The third-order valence-electron chi connectivity index (χ3n) is 4.82. The Morgan fingerprint density at radius 2 is 2.31 bits per heavy atom. The number of rotatable bonds is 2. The molecule has 90 valence electrons. The maximum atomic E-state index is 9.74. The molecule has 0 aromatic carbocycles. The van der Waals surface area contributed by atoms with E-state index in [2.05, 4.69) is 33.4 Å². The van der Waals surface area contributed by atoms with Gasteiger partial charge >= 0.3 is 0 Å². The van der Waals surface area contributed by atoms with Crippen LogP contribution < -0.4 is 0 Å². The molecule has 0 unspecified atom stereocenters. The molecule has 2 nitrogen and oxygen atoms in total. The average Bonchev–Trinajstić information content (AvgIpc) is 2.26. The van der Waals surface area contributed by atoms with Crippen LogP contribution in [-0.2, 0) is 4.74 Å². The van der Waals surface area contributed by atoms with Crippen LogP contribution in [0.25, 0.3) is 0 Å². The Hall–Kier alpha value is -0.600. The summed E-state index contributed by atoms with van der Waals surface area (Å²) >= 11 is 0. The molecule has 2 aliphatic rings. The topological polar surface area (TPSA) is 29.5 Å². The molecular formula is C14H22O2. The highest BCUT2D eigenvalue weighted by atomic mass is 16.5. The lowest BCUT2D eigenvalue weighted by molar-refractivity contribution is -0.148. The summed E-state index contributed by atoms with van der Waals surface area (Å²) in [6, 6.07) is 0. The largest absolute Gasteiger partial charge is 0.396 e. The Morgan fingerprint density at radius 3 is 2.88 bits per heavy atom. The fourth-order valence-electron chi connectivity index (χ4n) is 3.55. The maximum absolute atomic E-state index is 9.74. The number of aliphatic hydroxyl groups excluding tert-OH is 1. The fourth-order valence-corrected chi connectivity index (χ4v) is 3.55. The molecule has 16 heavy (non-hydrogen) atoms. The van der Waals surface area contributed by atoms with Gasteiger partial charge in [0.1, 0.15) is 0 Å². The third-order valence-corrected chi connectivity index (χ3v) is 4.82. The minimum Gasteiger partial charge on any atom is -0.396 e. The zero-order chi connectivity index (χ0) is 11.9. The van der Waals surface area contributed by atoms with E-state index in [4.69, 9.17) is 4.74 Å². The van der Waals surface area contributed by atoms with E-state index in [1.54, 1.807) is 0 Å². The number of hydrogen-bond acceptors (Lipinski definition) is 2. The lowest BCUT2D eigenvalue weighted by atomic mass is 9.56. The third kappa shape index (κ3) is 1.40. The van der Waals surface area contributed by atoms with Gasteiger partial charge in [0.2, 0.25) is 0 Å². The van der Waals surface area contributed by atoms with Gasteiger partial charge in [-0.1, -0.05) is 31.6 Å². The summed E-state index contributed by atoms with van der Waals surface area (Å²) in [6.07, 6.45) is 4.31. The predicted molar refractivity (Wildman–Crippen MR) is 65.0 cm³/mol. The standard InChI is InChI=1S/C14H22O2/c1-5-12-13-9(2)6-10(3)14(7-15,8-16-12)11(13)4/h5-6,10-13,15H,1,7-8H2,2-4H3/t10-,11-,12+,13+,14+/m1/s1. The predicted octanol–water partition coefficient (Wildman–Crippen LogP) is 2.40. The van der Waals surface area contributed by atoms with Gasteiger partial charge in [-0.15, -0.1) is 6.58 Å². The first kappa shape index (κ1) is 11.9. The van der Waals surface area contributed by atoms with E-state index < -0.39 is 0 Å². The minimum atomic E-state index is -0.0936. The second kappa shape index (κ2) is 4.01. The fraction of sp³-hybridized carbons (Fsp3) is 0.714. The molecular weight excluding hydrogens is 200 g/mol. The van der Waals surface area contributed by atoms with Crippen molar-refractivity contribution < 1.29 is 9.84 Å². The van der Waals surface area contributed by atoms with E-state index in [1.807, 2.05) is 6.08 Å². The number of aliphatic hydroxyl groups is 1. The summed E-state index contributed by atoms with van der Waals surface area (Å²) in [5, 5.41) is 9.74. The van der Waals surface area contributed by atoms with Gasteiger partial charge in [0.05, 0.1) is 19.3 Å². The highest BCUT2D eigenvalue weighted by Gasteiger charge is 2.52. The van der Waals surface area contributed by atoms with E-state index in [0.29, 0.717) is 24.4 Å². The molecule has 5 atom stereocenters. The summed E-state index contributed by atoms with van der Waals surface area (Å²) in [7, 11) is 0. The van der Waals surface area contributed by atoms with E-state index in [1.165, 1.54) is 5.57 Å². The van der Waals surface area contributed by atoms with Crippen LogP contribution in [0.5, 0.6) is 0 Å². The van der Waals surface area contributed by atoms with Crippen molar-refractivity contribution in [3.8, 4) is 0 Å². The molecule has 0 aromatic rings. The summed E-state index contributed by atoms with van der Waals surface area (Å²) in [5.41, 5.74) is 1.29. The lowest BCUT2D eigenvalue weighted by Crippen LogP contribution is -2.55. The van der Waals surface area contributed by atoms with Crippen molar-refractivity contribution in [3.63, 3.8) is 0 Å². The van der Waals surface area contributed by atoms with Crippen LogP contribution in [-0.4, -0.2) is 24.4 Å². The highest BCUT2D eigenvalue weighted by molar-refractivity contribution is 5.22. The van der Waals surface area contributed by atoms with E-state index in [-0.39, 0.29) is 18.1 Å². The average molecular weight is 222 g/mol. The molecule has 0 spiro atoms. The van der Waals surface area contributed by atoms with Crippen molar-refractivity contribution in [2.75, 3.05) is 13.2 Å². The van der Waals surface area contributed by atoms with Gasteiger partial charge in [0.15, 0.2) is 0 Å². The first-order chi connectivity index (χ1) is 7.56. The van der Waals surface area contributed by atoms with Gasteiger partial charge in [-0.25, -0.2) is 0 Å². The maximum Gasteiger partial charge on any atom is 0.0821 e. The van der Waals surface area contributed by atoms with Crippen LogP contribution in [0.2, 0.25) is 0 Å². The van der Waals surface area contributed by atoms with E-state index in [9.17, 15) is 5.11 Å². The van der Waals surface area contributed by atoms with Gasteiger partial charge in [-0.3, -0.25) is 0 Å². The van der Waals surface area contributed by atoms with Gasteiger partial charge in [-0.05, 0) is 18.8 Å². The number of hydrogen-bond donors (Lipinski definition) is 1. The number of ether oxygens (including phenoxy) is 1. The van der Waals surface area contributed by atoms with Crippen molar-refractivity contribution in [1.82, 2.24) is 0 Å². The van der Waals surface area contributed by atoms with Gasteiger partial charge in [-0.2, -0.15) is 0 Å². The highest BCUT2D eigenvalue weighted by Crippen LogP contribution is 2.52. The van der Waals surface area contributed by atoms with Crippen molar-refractivity contribution in [1.29, 1.82) is 0 Å². The Bertz CT molecular complexity index is 321. The summed E-state index contributed by atoms with van der Waals surface area (Å²) in [4.78, 5) is 0. The van der Waals surface area contributed by atoms with E-state index in [0.717, 1.165) is 0 Å². The van der Waals surface area contributed by atoms with Gasteiger partial charge in [0.25, 0.3) is 0 Å². The second-order valence-corrected chi connectivity index (χ2v) is 5.42. The van der Waals surface area contributed by atoms with Crippen molar-refractivity contribution in [3.05, 3.63) is 24.3 Å². The SMILES string of the molecule is C=C[C@@H]1OC[C@@]2(CO)[C@H](C)C=C(C)[C@H]1[C@H]2C. The molecule has 0 saturated carbocycles. The van der Waals surface area contributed by atoms with Gasteiger partial charge in [0, 0.05) is 11.3 Å². The molecule has 1 aliphatic heterocycles. The minimum absolute atomic E-state index is 0.0936. The van der Waals surface area contributed by atoms with Gasteiger partial charge < -0.3 is 9.84 Å². The van der Waals surface area contributed by atoms with Crippen LogP contribution in [0.3, 0.4) is 0 Å². The molecule has 1 aliphatic carbocycles. The van der Waals surface area contributed by atoms with Crippen LogP contribution in [0, 0.1) is 23.2 Å². The summed E-state index contributed by atoms with van der Waals surface area (Å²) < 4.78 is 5.88. The Balaban J connectivity index is 2.44. The molecule has 2 rings (SSSR count). The smallest absolute Gasteiger partial charge is 0.0821 e. The number of fused-ring (bicyclic) bond motifs is 2. The molecule has 1 fully saturated rings. The van der Waals surface area contributed by atoms with Crippen molar-refractivity contribution >= 4 is 0 Å². The van der Waals surface area contributed by atoms with Crippen molar-refractivity contribution in [2.45, 2.75) is 26.9 Å². The lowest BCUT2D eigenvalue weighted by Gasteiger charge is -2.54. The van der Waals surface area contributed by atoms with Crippen LogP contribution in [0.4, 0.5) is 0 Å². The van der Waals surface area contributed by atoms with E-state index >= 15 is 0 Å². The molecule has 1 N–H and O–H groups in total. The zero-order valence-corrected chi connectivity index (χ0v) is 10.4. The van der Waals surface area contributed by atoms with Crippen LogP contribution in [0.1, 0.15) is 20.8 Å². The Labute approximate surface area is 98.0 Å². The summed E-state index contributed by atoms with van der Waals surface area (Å²) in [5.74, 6) is 1.22.